The fraction of sp³-hybridized carbons (Fsp3) is 0.111. The van der Waals surface area contributed by atoms with E-state index in [1.165, 1.54) is 10.8 Å². The summed E-state index contributed by atoms with van der Waals surface area (Å²) in [7, 11) is 2.06. The summed E-state index contributed by atoms with van der Waals surface area (Å²) in [6.45, 7) is 5.89. The van der Waals surface area contributed by atoms with Gasteiger partial charge < -0.3 is 4.90 Å². The first-order chi connectivity index (χ1) is 9.26. The Labute approximate surface area is 115 Å². The lowest BCUT2D eigenvalue weighted by molar-refractivity contribution is 1.14. The van der Waals surface area contributed by atoms with E-state index in [1.807, 2.05) is 25.2 Å². The van der Waals surface area contributed by atoms with E-state index in [9.17, 15) is 0 Å². The first kappa shape index (κ1) is 13.2. The zero-order valence-electron chi connectivity index (χ0n) is 11.5. The number of anilines is 1. The molecule has 0 spiro atoms. The molecule has 0 amide bonds. The predicted molar refractivity (Wildman–Crippen MR) is 85.4 cm³/mol. The second-order valence-electron chi connectivity index (χ2n) is 4.41. The molecule has 0 saturated heterocycles. The summed E-state index contributed by atoms with van der Waals surface area (Å²) in [6.07, 6.45) is 7.96. The highest BCUT2D eigenvalue weighted by Gasteiger charge is 2.04. The smallest absolute Gasteiger partial charge is 0.0414 e. The minimum Gasteiger partial charge on any atom is -0.345 e. The lowest BCUT2D eigenvalue weighted by atomic mass is 10.1. The minimum atomic E-state index is 1.08. The van der Waals surface area contributed by atoms with Gasteiger partial charge in [-0.2, -0.15) is 0 Å². The van der Waals surface area contributed by atoms with Crippen molar-refractivity contribution < 1.29 is 0 Å². The Morgan fingerprint density at radius 1 is 1.11 bits per heavy atom. The van der Waals surface area contributed by atoms with Gasteiger partial charge >= 0.3 is 0 Å². The van der Waals surface area contributed by atoms with Crippen LogP contribution in [0.4, 0.5) is 5.69 Å². The van der Waals surface area contributed by atoms with Crippen LogP contribution in [0.5, 0.6) is 0 Å². The third-order valence-electron chi connectivity index (χ3n) is 3.18. The number of nitrogens with zero attached hydrogens (tertiary/aromatic N) is 1. The molecule has 0 aliphatic heterocycles. The first-order valence-electron chi connectivity index (χ1n) is 6.44. The zero-order chi connectivity index (χ0) is 13.7. The fourth-order valence-corrected chi connectivity index (χ4v) is 2.05. The lowest BCUT2D eigenvalue weighted by Crippen LogP contribution is -2.14. The van der Waals surface area contributed by atoms with E-state index < -0.39 is 0 Å². The molecule has 0 bridgehead atoms. The van der Waals surface area contributed by atoms with Crippen LogP contribution in [0.1, 0.15) is 6.92 Å². The van der Waals surface area contributed by atoms with Crippen molar-refractivity contribution in [2.75, 3.05) is 11.9 Å². The van der Waals surface area contributed by atoms with Crippen molar-refractivity contribution in [1.29, 1.82) is 0 Å². The molecule has 0 aliphatic rings. The summed E-state index contributed by atoms with van der Waals surface area (Å²) in [6, 6.07) is 14.9. The molecule has 2 aromatic rings. The van der Waals surface area contributed by atoms with Crippen molar-refractivity contribution in [3.05, 3.63) is 79.0 Å². The summed E-state index contributed by atoms with van der Waals surface area (Å²) < 4.78 is 0. The molecular formula is C18H19N. The maximum absolute atomic E-state index is 3.88. The number of rotatable bonds is 4. The van der Waals surface area contributed by atoms with Crippen molar-refractivity contribution in [3.8, 4) is 0 Å². The molecule has 0 heterocycles. The first-order valence-corrected chi connectivity index (χ1v) is 6.44. The molecule has 19 heavy (non-hydrogen) atoms. The molecular weight excluding hydrogens is 230 g/mol. The quantitative estimate of drug-likeness (QED) is 0.695. The topological polar surface area (TPSA) is 3.24 Å². The van der Waals surface area contributed by atoms with Gasteiger partial charge in [0, 0.05) is 18.4 Å². The number of likely N-dealkylation sites (N-methyl/N-ethyl adjacent to an activating group) is 1. The van der Waals surface area contributed by atoms with Gasteiger partial charge in [0.2, 0.25) is 0 Å². The van der Waals surface area contributed by atoms with E-state index in [0.29, 0.717) is 0 Å². The summed E-state index contributed by atoms with van der Waals surface area (Å²) in [5, 5.41) is 2.51. The van der Waals surface area contributed by atoms with Crippen LogP contribution in [-0.2, 0) is 0 Å². The summed E-state index contributed by atoms with van der Waals surface area (Å²) in [4.78, 5) is 2.14. The average molecular weight is 249 g/mol. The van der Waals surface area contributed by atoms with E-state index in [1.54, 1.807) is 0 Å². The van der Waals surface area contributed by atoms with Crippen molar-refractivity contribution in [2.45, 2.75) is 6.92 Å². The van der Waals surface area contributed by atoms with Crippen LogP contribution in [-0.4, -0.2) is 7.05 Å². The van der Waals surface area contributed by atoms with E-state index >= 15 is 0 Å². The molecule has 0 N–H and O–H groups in total. The molecule has 1 nitrogen and oxygen atoms in total. The number of allylic oxidation sites excluding steroid dienone is 4. The van der Waals surface area contributed by atoms with Crippen LogP contribution in [0.25, 0.3) is 10.8 Å². The van der Waals surface area contributed by atoms with Gasteiger partial charge in [0.15, 0.2) is 0 Å². The number of benzene rings is 2. The summed E-state index contributed by atoms with van der Waals surface area (Å²) in [5.41, 5.74) is 2.24. The van der Waals surface area contributed by atoms with E-state index in [2.05, 4.69) is 67.1 Å². The summed E-state index contributed by atoms with van der Waals surface area (Å²) >= 11 is 0. The van der Waals surface area contributed by atoms with Crippen molar-refractivity contribution in [3.63, 3.8) is 0 Å². The molecule has 0 saturated carbocycles. The second-order valence-corrected chi connectivity index (χ2v) is 4.41. The van der Waals surface area contributed by atoms with E-state index in [-0.39, 0.29) is 0 Å². The normalized spacial score (nSPS) is 12.0. The van der Waals surface area contributed by atoms with Crippen LogP contribution in [0.15, 0.2) is 79.0 Å². The van der Waals surface area contributed by atoms with Gasteiger partial charge in [0.05, 0.1) is 0 Å². The van der Waals surface area contributed by atoms with Crippen molar-refractivity contribution >= 4 is 16.5 Å². The van der Waals surface area contributed by atoms with Crippen LogP contribution in [0.2, 0.25) is 0 Å². The Bertz CT molecular complexity index is 635. The van der Waals surface area contributed by atoms with Gasteiger partial charge in [-0.1, -0.05) is 49.1 Å². The number of hydrogen-bond acceptors (Lipinski definition) is 1. The zero-order valence-corrected chi connectivity index (χ0v) is 11.5. The van der Waals surface area contributed by atoms with Gasteiger partial charge in [-0.15, -0.1) is 0 Å². The van der Waals surface area contributed by atoms with Gasteiger partial charge in [-0.05, 0) is 42.0 Å². The van der Waals surface area contributed by atoms with E-state index in [4.69, 9.17) is 0 Å². The number of fused-ring (bicyclic) bond motifs is 1. The molecule has 0 fully saturated rings. The Kier molecular flexibility index (Phi) is 4.19. The lowest BCUT2D eigenvalue weighted by Gasteiger charge is -2.20. The standard InChI is InChI=1S/C18H19N/c1-4-6-11-17(5-2)19(3)18-13-12-15-9-7-8-10-16(15)14-18/h4-14H,2H2,1,3H3/b6-4-,17-11+. The molecule has 2 rings (SSSR count). The third kappa shape index (κ3) is 2.94. The van der Waals surface area contributed by atoms with Crippen LogP contribution < -0.4 is 4.90 Å². The Balaban J connectivity index is 2.40. The molecule has 0 atom stereocenters. The molecule has 96 valence electrons. The van der Waals surface area contributed by atoms with Crippen LogP contribution in [0.3, 0.4) is 0 Å². The molecule has 0 aliphatic carbocycles. The molecule has 2 aromatic carbocycles. The predicted octanol–water partition coefficient (Wildman–Crippen LogP) is 4.92. The van der Waals surface area contributed by atoms with Crippen molar-refractivity contribution in [2.24, 2.45) is 0 Å². The number of hydrogen-bond donors (Lipinski definition) is 0. The molecule has 0 aromatic heterocycles. The SMILES string of the molecule is C=C/C(=C\C=C/C)N(C)c1ccc2ccccc2c1. The monoisotopic (exact) mass is 249 g/mol. The Hall–Kier alpha value is -2.28. The van der Waals surface area contributed by atoms with E-state index in [0.717, 1.165) is 11.4 Å². The second kappa shape index (κ2) is 6.05. The highest BCUT2D eigenvalue weighted by molar-refractivity contribution is 5.86. The molecule has 0 unspecified atom stereocenters. The molecule has 1 heteroatoms. The van der Waals surface area contributed by atoms with Crippen LogP contribution >= 0.6 is 0 Å². The maximum atomic E-state index is 3.88. The third-order valence-corrected chi connectivity index (χ3v) is 3.18. The van der Waals surface area contributed by atoms with Gasteiger partial charge in [0.1, 0.15) is 0 Å². The largest absolute Gasteiger partial charge is 0.345 e. The maximum Gasteiger partial charge on any atom is 0.0414 e. The average Bonchev–Trinajstić information content (AvgIpc) is 2.47. The van der Waals surface area contributed by atoms with Gasteiger partial charge in [-0.3, -0.25) is 0 Å². The minimum absolute atomic E-state index is 1.08. The fourth-order valence-electron chi connectivity index (χ4n) is 2.05. The van der Waals surface area contributed by atoms with Crippen LogP contribution in [0, 0.1) is 0 Å². The van der Waals surface area contributed by atoms with Gasteiger partial charge in [-0.25, -0.2) is 0 Å². The Morgan fingerprint density at radius 3 is 2.53 bits per heavy atom. The highest BCUT2D eigenvalue weighted by atomic mass is 15.1. The highest BCUT2D eigenvalue weighted by Crippen LogP contribution is 2.23. The Morgan fingerprint density at radius 2 is 1.84 bits per heavy atom. The summed E-state index contributed by atoms with van der Waals surface area (Å²) in [5.74, 6) is 0. The van der Waals surface area contributed by atoms with Crippen molar-refractivity contribution in [1.82, 2.24) is 0 Å². The molecule has 0 radical (unpaired) electrons. The van der Waals surface area contributed by atoms with Gasteiger partial charge in [0.25, 0.3) is 0 Å².